The Bertz CT molecular complexity index is 752. The van der Waals surface area contributed by atoms with E-state index in [1.165, 1.54) is 5.56 Å². The van der Waals surface area contributed by atoms with Crippen molar-refractivity contribution in [2.45, 2.75) is 45.1 Å². The number of aromatic nitrogens is 1. The number of likely N-dealkylation sites (tertiary alicyclic amines) is 1. The summed E-state index contributed by atoms with van der Waals surface area (Å²) in [4.78, 5) is 21.6. The number of carbonyl (C=O) groups is 1. The van der Waals surface area contributed by atoms with Gasteiger partial charge in [-0.3, -0.25) is 14.7 Å². The van der Waals surface area contributed by atoms with Gasteiger partial charge in [0.15, 0.2) is 0 Å². The van der Waals surface area contributed by atoms with E-state index in [2.05, 4.69) is 59.2 Å². The van der Waals surface area contributed by atoms with Crippen LogP contribution >= 0.6 is 0 Å². The second-order valence-corrected chi connectivity index (χ2v) is 8.38. The molecule has 0 bridgehead atoms. The van der Waals surface area contributed by atoms with Gasteiger partial charge in [-0.05, 0) is 68.7 Å². The second-order valence-electron chi connectivity index (χ2n) is 8.38. The van der Waals surface area contributed by atoms with Crippen molar-refractivity contribution in [2.24, 2.45) is 0 Å². The van der Waals surface area contributed by atoms with E-state index in [-0.39, 0.29) is 5.91 Å². The van der Waals surface area contributed by atoms with Crippen molar-refractivity contribution < 1.29 is 4.79 Å². The normalized spacial score (nSPS) is 15.8. The fourth-order valence-corrected chi connectivity index (χ4v) is 3.91. The second kappa shape index (κ2) is 10.5. The van der Waals surface area contributed by atoms with Crippen molar-refractivity contribution in [3.05, 3.63) is 59.9 Å². The topological polar surface area (TPSA) is 48.5 Å². The van der Waals surface area contributed by atoms with E-state index in [1.54, 1.807) is 0 Å². The Kier molecular flexibility index (Phi) is 7.78. The van der Waals surface area contributed by atoms with Crippen LogP contribution < -0.4 is 5.32 Å². The highest BCUT2D eigenvalue weighted by atomic mass is 16.2. The van der Waals surface area contributed by atoms with E-state index in [0.717, 1.165) is 50.3 Å². The van der Waals surface area contributed by atoms with Gasteiger partial charge in [0.05, 0.1) is 6.54 Å². The smallest absolute Gasteiger partial charge is 0.238 e. The summed E-state index contributed by atoms with van der Waals surface area (Å²) in [5.41, 5.74) is 3.32. The third-order valence-corrected chi connectivity index (χ3v) is 5.84. The Morgan fingerprint density at radius 2 is 1.90 bits per heavy atom. The number of likely N-dealkylation sites (N-methyl/N-ethyl adjacent to an activating group) is 1. The Morgan fingerprint density at radius 1 is 1.17 bits per heavy atom. The van der Waals surface area contributed by atoms with Crippen molar-refractivity contribution >= 4 is 11.6 Å². The molecule has 2 heterocycles. The molecule has 1 aromatic carbocycles. The van der Waals surface area contributed by atoms with E-state index < -0.39 is 0 Å². The first-order valence-corrected chi connectivity index (χ1v) is 10.7. The van der Waals surface area contributed by atoms with Crippen LogP contribution in [0.15, 0.2) is 48.7 Å². The summed E-state index contributed by atoms with van der Waals surface area (Å²) in [7, 11) is 2.07. The number of pyridine rings is 1. The van der Waals surface area contributed by atoms with Crippen molar-refractivity contribution in [2.75, 3.05) is 38.5 Å². The van der Waals surface area contributed by atoms with E-state index in [1.807, 2.05) is 30.5 Å². The molecule has 5 nitrogen and oxygen atoms in total. The quantitative estimate of drug-likeness (QED) is 0.740. The van der Waals surface area contributed by atoms with Crippen LogP contribution in [0.2, 0.25) is 0 Å². The zero-order valence-corrected chi connectivity index (χ0v) is 18.0. The molecule has 0 saturated carbocycles. The van der Waals surface area contributed by atoms with Crippen molar-refractivity contribution in [1.82, 2.24) is 14.8 Å². The highest BCUT2D eigenvalue weighted by Gasteiger charge is 2.23. The standard InChI is InChI=1S/C24H34N4O/c1-19(2)20-7-9-22(10-8-20)26-24(29)18-27(3)23-12-16-28(17-13-23)15-11-21-6-4-5-14-25-21/h4-10,14,19,23H,11-13,15-18H2,1-3H3,(H,26,29). The lowest BCUT2D eigenvalue weighted by atomic mass is 10.0. The summed E-state index contributed by atoms with van der Waals surface area (Å²) in [6.45, 7) is 8.00. The molecular formula is C24H34N4O. The van der Waals surface area contributed by atoms with E-state index in [0.29, 0.717) is 18.5 Å². The molecule has 1 saturated heterocycles. The Hall–Kier alpha value is -2.24. The predicted octanol–water partition coefficient (Wildman–Crippen LogP) is 3.78. The Balaban J connectivity index is 1.38. The maximum absolute atomic E-state index is 12.4. The number of nitrogens with zero attached hydrogens (tertiary/aromatic N) is 3. The van der Waals surface area contributed by atoms with Gasteiger partial charge in [-0.15, -0.1) is 0 Å². The molecule has 1 N–H and O–H groups in total. The molecule has 3 rings (SSSR count). The van der Waals surface area contributed by atoms with Gasteiger partial charge in [0.2, 0.25) is 5.91 Å². The lowest BCUT2D eigenvalue weighted by Crippen LogP contribution is -2.46. The van der Waals surface area contributed by atoms with Gasteiger partial charge in [-0.1, -0.05) is 32.0 Å². The minimum absolute atomic E-state index is 0.0578. The summed E-state index contributed by atoms with van der Waals surface area (Å²) < 4.78 is 0. The fraction of sp³-hybridized carbons (Fsp3) is 0.500. The van der Waals surface area contributed by atoms with Crippen molar-refractivity contribution in [1.29, 1.82) is 0 Å². The Labute approximate surface area is 175 Å². The summed E-state index contributed by atoms with van der Waals surface area (Å²) in [5.74, 6) is 0.558. The van der Waals surface area contributed by atoms with Crippen molar-refractivity contribution in [3.8, 4) is 0 Å². The number of rotatable bonds is 8. The molecule has 0 atom stereocenters. The molecule has 0 spiro atoms. The predicted molar refractivity (Wildman–Crippen MR) is 119 cm³/mol. The molecule has 1 aromatic heterocycles. The summed E-state index contributed by atoms with van der Waals surface area (Å²) in [5, 5.41) is 3.03. The number of hydrogen-bond acceptors (Lipinski definition) is 4. The SMILES string of the molecule is CC(C)c1ccc(NC(=O)CN(C)C2CCN(CCc3ccccn3)CC2)cc1. The van der Waals surface area contributed by atoms with Gasteiger partial charge in [0.25, 0.3) is 0 Å². The van der Waals surface area contributed by atoms with Gasteiger partial charge in [-0.2, -0.15) is 0 Å². The summed E-state index contributed by atoms with van der Waals surface area (Å²) in [6.07, 6.45) is 5.07. The summed E-state index contributed by atoms with van der Waals surface area (Å²) in [6, 6.07) is 14.7. The third kappa shape index (κ3) is 6.65. The van der Waals surface area contributed by atoms with Crippen LogP contribution in [0.4, 0.5) is 5.69 Å². The van der Waals surface area contributed by atoms with E-state index in [9.17, 15) is 4.79 Å². The van der Waals surface area contributed by atoms with Crippen LogP contribution in [0.3, 0.4) is 0 Å². The molecule has 0 unspecified atom stereocenters. The minimum atomic E-state index is 0.0578. The van der Waals surface area contributed by atoms with Crippen LogP contribution in [0.1, 0.15) is 43.9 Å². The molecule has 0 radical (unpaired) electrons. The zero-order chi connectivity index (χ0) is 20.6. The van der Waals surface area contributed by atoms with Gasteiger partial charge in [0, 0.05) is 36.6 Å². The van der Waals surface area contributed by atoms with Crippen LogP contribution in [-0.2, 0) is 11.2 Å². The van der Waals surface area contributed by atoms with Gasteiger partial charge in [0.1, 0.15) is 0 Å². The van der Waals surface area contributed by atoms with E-state index >= 15 is 0 Å². The minimum Gasteiger partial charge on any atom is -0.325 e. The number of carbonyl (C=O) groups excluding carboxylic acids is 1. The van der Waals surface area contributed by atoms with Crippen LogP contribution in [-0.4, -0.2) is 60.0 Å². The molecular weight excluding hydrogens is 360 g/mol. The molecule has 1 fully saturated rings. The van der Waals surface area contributed by atoms with Gasteiger partial charge >= 0.3 is 0 Å². The maximum Gasteiger partial charge on any atom is 0.238 e. The first-order valence-electron chi connectivity index (χ1n) is 10.7. The van der Waals surface area contributed by atoms with Crippen LogP contribution in [0, 0.1) is 0 Å². The molecule has 156 valence electrons. The lowest BCUT2D eigenvalue weighted by Gasteiger charge is -2.36. The average molecular weight is 395 g/mol. The molecule has 1 aliphatic heterocycles. The number of piperidine rings is 1. The van der Waals surface area contributed by atoms with Crippen molar-refractivity contribution in [3.63, 3.8) is 0 Å². The number of benzene rings is 1. The molecule has 5 heteroatoms. The number of hydrogen-bond donors (Lipinski definition) is 1. The zero-order valence-electron chi connectivity index (χ0n) is 18.0. The monoisotopic (exact) mass is 394 g/mol. The molecule has 1 aliphatic rings. The number of anilines is 1. The summed E-state index contributed by atoms with van der Waals surface area (Å²) >= 11 is 0. The third-order valence-electron chi connectivity index (χ3n) is 5.84. The molecule has 29 heavy (non-hydrogen) atoms. The number of nitrogens with one attached hydrogen (secondary N) is 1. The van der Waals surface area contributed by atoms with Crippen LogP contribution in [0.25, 0.3) is 0 Å². The Morgan fingerprint density at radius 3 is 2.52 bits per heavy atom. The molecule has 1 amide bonds. The maximum atomic E-state index is 12.4. The first-order chi connectivity index (χ1) is 14.0. The van der Waals surface area contributed by atoms with Gasteiger partial charge < -0.3 is 10.2 Å². The van der Waals surface area contributed by atoms with Crippen LogP contribution in [0.5, 0.6) is 0 Å². The molecule has 2 aromatic rings. The number of amides is 1. The fourth-order valence-electron chi connectivity index (χ4n) is 3.91. The van der Waals surface area contributed by atoms with Gasteiger partial charge in [-0.25, -0.2) is 0 Å². The largest absolute Gasteiger partial charge is 0.325 e. The first kappa shape index (κ1) is 21.5. The van der Waals surface area contributed by atoms with E-state index in [4.69, 9.17) is 0 Å². The molecule has 0 aliphatic carbocycles. The average Bonchev–Trinajstić information content (AvgIpc) is 2.73. The highest BCUT2D eigenvalue weighted by Crippen LogP contribution is 2.18. The highest BCUT2D eigenvalue weighted by molar-refractivity contribution is 5.92. The lowest BCUT2D eigenvalue weighted by molar-refractivity contribution is -0.117.